The van der Waals surface area contributed by atoms with Gasteiger partial charge in [-0.25, -0.2) is 4.98 Å². The molecule has 0 saturated heterocycles. The first-order chi connectivity index (χ1) is 10.2. The van der Waals surface area contributed by atoms with Crippen LogP contribution >= 0.6 is 11.3 Å². The van der Waals surface area contributed by atoms with Crippen molar-refractivity contribution in [3.8, 4) is 0 Å². The maximum absolute atomic E-state index is 11.9. The highest BCUT2D eigenvalue weighted by molar-refractivity contribution is 7.15. The largest absolute Gasteiger partial charge is 0.465 e. The summed E-state index contributed by atoms with van der Waals surface area (Å²) < 4.78 is 10.1. The molecule has 0 aromatic carbocycles. The topological polar surface area (TPSA) is 77.2 Å². The molecule has 1 N–H and O–H groups in total. The zero-order valence-corrected chi connectivity index (χ0v) is 12.8. The molecule has 0 aliphatic heterocycles. The number of esters is 1. The Labute approximate surface area is 126 Å². The Morgan fingerprint density at radius 1 is 1.62 bits per heavy atom. The predicted molar refractivity (Wildman–Crippen MR) is 78.4 cm³/mol. The Hall–Kier alpha value is -1.89. The molecule has 1 aliphatic carbocycles. The van der Waals surface area contributed by atoms with E-state index in [0.717, 1.165) is 35.1 Å². The van der Waals surface area contributed by atoms with Crippen LogP contribution in [0.5, 0.6) is 0 Å². The van der Waals surface area contributed by atoms with Gasteiger partial charge in [-0.1, -0.05) is 5.16 Å². The van der Waals surface area contributed by atoms with Crippen LogP contribution in [0.25, 0.3) is 0 Å². The van der Waals surface area contributed by atoms with Gasteiger partial charge in [0.05, 0.1) is 18.8 Å². The Balaban J connectivity index is 1.67. The molecule has 1 atom stereocenters. The number of ether oxygens (including phenoxy) is 1. The number of carbonyl (C=O) groups excluding carboxylic acids is 1. The summed E-state index contributed by atoms with van der Waals surface area (Å²) in [6.07, 6.45) is 1.69. The van der Waals surface area contributed by atoms with E-state index < -0.39 is 0 Å². The summed E-state index contributed by atoms with van der Waals surface area (Å²) in [5.41, 5.74) is 1.71. The van der Waals surface area contributed by atoms with Crippen LogP contribution in [0.3, 0.4) is 0 Å². The van der Waals surface area contributed by atoms with Gasteiger partial charge in [-0.3, -0.25) is 4.79 Å². The van der Waals surface area contributed by atoms with Crippen molar-refractivity contribution in [2.45, 2.75) is 39.2 Å². The summed E-state index contributed by atoms with van der Waals surface area (Å²) in [7, 11) is 0. The average Bonchev–Trinajstić information content (AvgIpc) is 3.11. The Morgan fingerprint density at radius 2 is 2.48 bits per heavy atom. The van der Waals surface area contributed by atoms with Gasteiger partial charge < -0.3 is 14.6 Å². The molecular formula is C14H17N3O3S. The van der Waals surface area contributed by atoms with E-state index in [9.17, 15) is 4.79 Å². The molecular weight excluding hydrogens is 290 g/mol. The highest BCUT2D eigenvalue weighted by Crippen LogP contribution is 2.39. The van der Waals surface area contributed by atoms with Crippen LogP contribution in [0.15, 0.2) is 10.6 Å². The number of rotatable bonds is 5. The van der Waals surface area contributed by atoms with Crippen LogP contribution in [-0.4, -0.2) is 22.7 Å². The second kappa shape index (κ2) is 5.85. The zero-order valence-electron chi connectivity index (χ0n) is 12.0. The monoisotopic (exact) mass is 307 g/mol. The van der Waals surface area contributed by atoms with Crippen molar-refractivity contribution < 1.29 is 14.1 Å². The fourth-order valence-corrected chi connectivity index (χ4v) is 3.48. The number of hydrogen-bond donors (Lipinski definition) is 1. The average molecular weight is 307 g/mol. The van der Waals surface area contributed by atoms with Crippen LogP contribution in [0, 0.1) is 6.92 Å². The van der Waals surface area contributed by atoms with Crippen molar-refractivity contribution in [1.82, 2.24) is 10.1 Å². The van der Waals surface area contributed by atoms with Gasteiger partial charge >= 0.3 is 5.97 Å². The maximum Gasteiger partial charge on any atom is 0.315 e. The fourth-order valence-electron chi connectivity index (χ4n) is 2.44. The lowest BCUT2D eigenvalue weighted by molar-refractivity contribution is -0.145. The number of hydrogen-bond acceptors (Lipinski definition) is 7. The minimum absolute atomic E-state index is 0.166. The third-order valence-electron chi connectivity index (χ3n) is 3.39. The standard InChI is InChI=1S/C14H17N3O3S/c1-3-19-13(18)10-4-5-11-12(10)16-14(21-11)15-7-9-6-8(2)20-17-9/h6,10H,3-5,7H2,1-2H3,(H,15,16). The van der Waals surface area contributed by atoms with Crippen LogP contribution in [-0.2, 0) is 22.5 Å². The van der Waals surface area contributed by atoms with E-state index in [1.165, 1.54) is 4.88 Å². The lowest BCUT2D eigenvalue weighted by atomic mass is 10.1. The number of aromatic nitrogens is 2. The molecule has 2 heterocycles. The summed E-state index contributed by atoms with van der Waals surface area (Å²) in [4.78, 5) is 17.6. The summed E-state index contributed by atoms with van der Waals surface area (Å²) in [5.74, 6) is 0.414. The number of fused-ring (bicyclic) bond motifs is 1. The first-order valence-electron chi connectivity index (χ1n) is 6.99. The molecule has 21 heavy (non-hydrogen) atoms. The summed E-state index contributed by atoms with van der Waals surface area (Å²) in [6, 6.07) is 1.88. The molecule has 7 heteroatoms. The quantitative estimate of drug-likeness (QED) is 0.856. The first kappa shape index (κ1) is 14.1. The van der Waals surface area contributed by atoms with E-state index in [-0.39, 0.29) is 11.9 Å². The van der Waals surface area contributed by atoms with Crippen molar-refractivity contribution in [2.24, 2.45) is 0 Å². The van der Waals surface area contributed by atoms with Gasteiger partial charge in [-0.05, 0) is 26.7 Å². The number of nitrogens with zero attached hydrogens (tertiary/aromatic N) is 2. The van der Waals surface area contributed by atoms with Crippen LogP contribution in [0.1, 0.15) is 41.3 Å². The smallest absolute Gasteiger partial charge is 0.315 e. The van der Waals surface area contributed by atoms with Crippen molar-refractivity contribution in [1.29, 1.82) is 0 Å². The van der Waals surface area contributed by atoms with E-state index in [2.05, 4.69) is 15.5 Å². The highest BCUT2D eigenvalue weighted by atomic mass is 32.1. The zero-order chi connectivity index (χ0) is 14.8. The van der Waals surface area contributed by atoms with E-state index in [1.54, 1.807) is 11.3 Å². The summed E-state index contributed by atoms with van der Waals surface area (Å²) >= 11 is 1.60. The lowest BCUT2D eigenvalue weighted by Gasteiger charge is -2.07. The molecule has 6 nitrogen and oxygen atoms in total. The third kappa shape index (κ3) is 2.92. The van der Waals surface area contributed by atoms with E-state index >= 15 is 0 Å². The van der Waals surface area contributed by atoms with Gasteiger partial charge in [0.1, 0.15) is 17.4 Å². The van der Waals surface area contributed by atoms with Gasteiger partial charge in [0.2, 0.25) is 0 Å². The van der Waals surface area contributed by atoms with Gasteiger partial charge in [-0.15, -0.1) is 11.3 Å². The number of anilines is 1. The van der Waals surface area contributed by atoms with Crippen LogP contribution < -0.4 is 5.32 Å². The van der Waals surface area contributed by atoms with Crippen molar-refractivity contribution in [3.63, 3.8) is 0 Å². The molecule has 0 amide bonds. The Kier molecular flexibility index (Phi) is 3.92. The molecule has 112 valence electrons. The van der Waals surface area contributed by atoms with Gasteiger partial charge in [0.25, 0.3) is 0 Å². The second-order valence-electron chi connectivity index (χ2n) is 4.95. The predicted octanol–water partition coefficient (Wildman–Crippen LogP) is 2.64. The number of aryl methyl sites for hydroxylation is 2. The van der Waals surface area contributed by atoms with Gasteiger partial charge in [0.15, 0.2) is 5.13 Å². The molecule has 3 rings (SSSR count). The first-order valence-corrected chi connectivity index (χ1v) is 7.81. The number of nitrogens with one attached hydrogen (secondary N) is 1. The molecule has 2 aromatic heterocycles. The van der Waals surface area contributed by atoms with Crippen molar-refractivity contribution >= 4 is 22.4 Å². The van der Waals surface area contributed by atoms with E-state index in [0.29, 0.717) is 13.2 Å². The molecule has 0 radical (unpaired) electrons. The third-order valence-corrected chi connectivity index (χ3v) is 4.47. The minimum atomic E-state index is -0.207. The van der Waals surface area contributed by atoms with Gasteiger partial charge in [-0.2, -0.15) is 0 Å². The molecule has 0 bridgehead atoms. The van der Waals surface area contributed by atoms with Gasteiger partial charge in [0, 0.05) is 10.9 Å². The Bertz CT molecular complexity index is 650. The highest BCUT2D eigenvalue weighted by Gasteiger charge is 2.33. The van der Waals surface area contributed by atoms with Crippen molar-refractivity contribution in [2.75, 3.05) is 11.9 Å². The second-order valence-corrected chi connectivity index (χ2v) is 6.04. The van der Waals surface area contributed by atoms with Crippen LogP contribution in [0.4, 0.5) is 5.13 Å². The number of thiazole rings is 1. The SMILES string of the molecule is CCOC(=O)C1CCc2sc(NCc3cc(C)on3)nc21. The molecule has 1 unspecified atom stereocenters. The van der Waals surface area contributed by atoms with Crippen LogP contribution in [0.2, 0.25) is 0 Å². The van der Waals surface area contributed by atoms with Crippen molar-refractivity contribution in [3.05, 3.63) is 28.1 Å². The minimum Gasteiger partial charge on any atom is -0.465 e. The Morgan fingerprint density at radius 3 is 3.19 bits per heavy atom. The van der Waals surface area contributed by atoms with E-state index in [1.807, 2.05) is 19.9 Å². The number of carbonyl (C=O) groups is 1. The molecule has 0 saturated carbocycles. The molecule has 2 aromatic rings. The molecule has 1 aliphatic rings. The molecule has 0 fully saturated rings. The fraction of sp³-hybridized carbons (Fsp3) is 0.500. The molecule has 0 spiro atoms. The van der Waals surface area contributed by atoms with E-state index in [4.69, 9.17) is 9.26 Å². The lowest BCUT2D eigenvalue weighted by Crippen LogP contribution is -2.14. The summed E-state index contributed by atoms with van der Waals surface area (Å²) in [5, 5.41) is 7.97. The summed E-state index contributed by atoms with van der Waals surface area (Å²) in [6.45, 7) is 4.65. The normalized spacial score (nSPS) is 16.8. The maximum atomic E-state index is 11.9.